The van der Waals surface area contributed by atoms with E-state index in [1.165, 1.54) is 0 Å². The molecule has 1 N–H and O–H groups in total. The fourth-order valence-corrected chi connectivity index (χ4v) is 2.02. The molecular weight excluding hydrogens is 354 g/mol. The van der Waals surface area contributed by atoms with Gasteiger partial charge in [-0.3, -0.25) is 14.9 Å². The predicted octanol–water partition coefficient (Wildman–Crippen LogP) is 1.78. The molecule has 1 heterocycles. The number of alkyl halides is 4. The molecule has 8 nitrogen and oxygen atoms in total. The van der Waals surface area contributed by atoms with Crippen molar-refractivity contribution in [3.05, 3.63) is 34.4 Å². The number of ether oxygens (including phenoxy) is 1. The van der Waals surface area contributed by atoms with Crippen molar-refractivity contribution >= 4 is 17.3 Å². The van der Waals surface area contributed by atoms with Gasteiger partial charge in [-0.1, -0.05) is 0 Å². The van der Waals surface area contributed by atoms with Crippen LogP contribution in [0.1, 0.15) is 6.42 Å². The van der Waals surface area contributed by atoms with Crippen LogP contribution in [0.2, 0.25) is 0 Å². The summed E-state index contributed by atoms with van der Waals surface area (Å²) in [6, 6.07) is 4.47. The summed E-state index contributed by atoms with van der Waals surface area (Å²) < 4.78 is 56.2. The zero-order chi connectivity index (χ0) is 18.8. The Bertz CT molecular complexity index is 697. The first-order valence-electron chi connectivity index (χ1n) is 6.71. The van der Waals surface area contributed by atoms with Crippen LogP contribution < -0.4 is 4.74 Å². The third kappa shape index (κ3) is 3.84. The molecule has 0 aromatic heterocycles. The molecule has 0 spiro atoms. The van der Waals surface area contributed by atoms with E-state index in [2.05, 4.69) is 5.10 Å². The van der Waals surface area contributed by atoms with Gasteiger partial charge in [0.15, 0.2) is 6.61 Å². The second-order valence-electron chi connectivity index (χ2n) is 4.99. The number of aliphatic hydroxyl groups is 1. The smallest absolute Gasteiger partial charge is 0.287 e. The Morgan fingerprint density at radius 1 is 1.36 bits per heavy atom. The summed E-state index contributed by atoms with van der Waals surface area (Å²) in [5.41, 5.74) is -4.47. The largest absolute Gasteiger partial charge is 0.484 e. The number of rotatable bonds is 6. The average molecular weight is 365 g/mol. The summed E-state index contributed by atoms with van der Waals surface area (Å²) in [5, 5.41) is 23.2. The van der Waals surface area contributed by atoms with Gasteiger partial charge in [-0.15, -0.1) is 0 Å². The number of non-ortho nitro benzene ring substituents is 1. The maximum absolute atomic E-state index is 13.0. The number of hydrazone groups is 1. The number of hydrogen-bond acceptors (Lipinski definition) is 6. The van der Waals surface area contributed by atoms with Crippen molar-refractivity contribution in [3.8, 4) is 5.75 Å². The minimum atomic E-state index is -3.53. The molecule has 1 amide bonds. The van der Waals surface area contributed by atoms with E-state index < -0.39 is 48.1 Å². The maximum Gasteiger partial charge on any atom is 0.287 e. The Morgan fingerprint density at radius 3 is 2.44 bits per heavy atom. The molecule has 0 saturated heterocycles. The lowest BCUT2D eigenvalue weighted by Crippen LogP contribution is -2.52. The Labute approximate surface area is 137 Å². The van der Waals surface area contributed by atoms with Gasteiger partial charge in [0.05, 0.1) is 4.92 Å². The standard InChI is InChI=1S/C13H11F4N3O5/c14-11(15)9-5-13(22,12(16)17)19(18-9)10(21)6-25-8-3-1-7(2-4-8)20(23)24/h1-4,11-12,22H,5-6H2/t13-/m0/s1. The highest BCUT2D eigenvalue weighted by molar-refractivity contribution is 5.93. The molecule has 0 radical (unpaired) electrons. The van der Waals surface area contributed by atoms with Gasteiger partial charge < -0.3 is 9.84 Å². The minimum absolute atomic E-state index is 0.00297. The molecule has 1 aliphatic heterocycles. The van der Waals surface area contributed by atoms with Crippen LogP contribution in [0.4, 0.5) is 23.2 Å². The molecule has 12 heteroatoms. The molecule has 1 aromatic rings. The van der Waals surface area contributed by atoms with Gasteiger partial charge in [0.25, 0.3) is 24.4 Å². The highest BCUT2D eigenvalue weighted by Crippen LogP contribution is 2.33. The zero-order valence-electron chi connectivity index (χ0n) is 12.3. The van der Waals surface area contributed by atoms with Crippen LogP contribution in [-0.2, 0) is 4.79 Å². The van der Waals surface area contributed by atoms with Crippen molar-refractivity contribution in [3.63, 3.8) is 0 Å². The zero-order valence-corrected chi connectivity index (χ0v) is 12.3. The van der Waals surface area contributed by atoms with Gasteiger partial charge in [-0.25, -0.2) is 17.6 Å². The Hall–Kier alpha value is -2.76. The topological polar surface area (TPSA) is 105 Å². The summed E-state index contributed by atoms with van der Waals surface area (Å²) in [6.07, 6.45) is -7.93. The Kier molecular flexibility index (Phi) is 5.21. The molecule has 0 unspecified atom stereocenters. The molecule has 1 atom stereocenters. The lowest BCUT2D eigenvalue weighted by atomic mass is 10.1. The van der Waals surface area contributed by atoms with E-state index in [4.69, 9.17) is 4.74 Å². The third-order valence-electron chi connectivity index (χ3n) is 3.28. The van der Waals surface area contributed by atoms with Crippen molar-refractivity contribution < 1.29 is 37.1 Å². The molecule has 136 valence electrons. The molecule has 1 aliphatic rings. The van der Waals surface area contributed by atoms with E-state index in [-0.39, 0.29) is 16.4 Å². The fraction of sp³-hybridized carbons (Fsp3) is 0.385. The molecule has 0 aliphatic carbocycles. The number of nitrogens with zero attached hydrogens (tertiary/aromatic N) is 3. The number of amides is 1. The lowest BCUT2D eigenvalue weighted by molar-refractivity contribution is -0.384. The molecule has 2 rings (SSSR count). The molecule has 25 heavy (non-hydrogen) atoms. The van der Waals surface area contributed by atoms with Gasteiger partial charge in [-0.05, 0) is 12.1 Å². The van der Waals surface area contributed by atoms with E-state index in [1.807, 2.05) is 0 Å². The quantitative estimate of drug-likeness (QED) is 0.470. The Balaban J connectivity index is 2.08. The van der Waals surface area contributed by atoms with Crippen LogP contribution in [0.5, 0.6) is 5.75 Å². The van der Waals surface area contributed by atoms with E-state index >= 15 is 0 Å². The monoisotopic (exact) mass is 365 g/mol. The SMILES string of the molecule is O=C(COc1ccc([N+](=O)[O-])cc1)N1N=C(C(F)F)C[C@]1(O)C(F)F. The van der Waals surface area contributed by atoms with E-state index in [1.54, 1.807) is 0 Å². The first-order valence-corrected chi connectivity index (χ1v) is 6.71. The fourth-order valence-electron chi connectivity index (χ4n) is 2.02. The number of hydrogen-bond donors (Lipinski definition) is 1. The number of carbonyl (C=O) groups is 1. The molecular formula is C13H11F4N3O5. The first kappa shape index (κ1) is 18.6. The van der Waals surface area contributed by atoms with Gasteiger partial charge in [-0.2, -0.15) is 10.1 Å². The molecule has 1 aromatic carbocycles. The first-order chi connectivity index (χ1) is 11.6. The van der Waals surface area contributed by atoms with Crippen molar-refractivity contribution in [1.29, 1.82) is 0 Å². The summed E-state index contributed by atoms with van der Waals surface area (Å²) in [7, 11) is 0. The lowest BCUT2D eigenvalue weighted by Gasteiger charge is -2.29. The summed E-state index contributed by atoms with van der Waals surface area (Å²) in [5.74, 6) is -1.28. The van der Waals surface area contributed by atoms with Gasteiger partial charge in [0.2, 0.25) is 5.72 Å². The number of benzene rings is 1. The molecule has 0 bridgehead atoms. The van der Waals surface area contributed by atoms with E-state index in [9.17, 15) is 37.6 Å². The number of halogens is 4. The Morgan fingerprint density at radius 2 is 1.96 bits per heavy atom. The summed E-state index contributed by atoms with van der Waals surface area (Å²) in [6.45, 7) is -0.896. The second-order valence-corrected chi connectivity index (χ2v) is 4.99. The van der Waals surface area contributed by atoms with E-state index in [0.717, 1.165) is 24.3 Å². The number of nitro benzene ring substituents is 1. The van der Waals surface area contributed by atoms with Crippen molar-refractivity contribution in [2.24, 2.45) is 5.10 Å². The van der Waals surface area contributed by atoms with Crippen LogP contribution in [-0.4, -0.2) is 51.8 Å². The minimum Gasteiger partial charge on any atom is -0.484 e. The van der Waals surface area contributed by atoms with E-state index in [0.29, 0.717) is 0 Å². The van der Waals surface area contributed by atoms with Crippen molar-refractivity contribution in [2.45, 2.75) is 25.0 Å². The van der Waals surface area contributed by atoms with Gasteiger partial charge >= 0.3 is 0 Å². The van der Waals surface area contributed by atoms with Gasteiger partial charge in [0.1, 0.15) is 11.5 Å². The normalized spacial score (nSPS) is 20.1. The predicted molar refractivity (Wildman–Crippen MR) is 74.4 cm³/mol. The van der Waals surface area contributed by atoms with Crippen LogP contribution in [0, 0.1) is 10.1 Å². The summed E-state index contributed by atoms with van der Waals surface area (Å²) in [4.78, 5) is 21.8. The number of nitro groups is 1. The highest BCUT2D eigenvalue weighted by atomic mass is 19.3. The van der Waals surface area contributed by atoms with Crippen LogP contribution in [0.3, 0.4) is 0 Å². The number of carbonyl (C=O) groups excluding carboxylic acids is 1. The molecule has 0 saturated carbocycles. The third-order valence-corrected chi connectivity index (χ3v) is 3.28. The highest BCUT2D eigenvalue weighted by Gasteiger charge is 2.53. The summed E-state index contributed by atoms with van der Waals surface area (Å²) >= 11 is 0. The van der Waals surface area contributed by atoms with Crippen LogP contribution in [0.15, 0.2) is 29.4 Å². The van der Waals surface area contributed by atoms with Gasteiger partial charge in [0, 0.05) is 18.6 Å². The molecule has 0 fully saturated rings. The second kappa shape index (κ2) is 7.01. The average Bonchev–Trinajstić information content (AvgIpc) is 2.92. The van der Waals surface area contributed by atoms with Crippen molar-refractivity contribution in [1.82, 2.24) is 5.01 Å². The van der Waals surface area contributed by atoms with Crippen molar-refractivity contribution in [2.75, 3.05) is 6.61 Å². The van der Waals surface area contributed by atoms with Crippen LogP contribution >= 0.6 is 0 Å². The van der Waals surface area contributed by atoms with Crippen LogP contribution in [0.25, 0.3) is 0 Å². The maximum atomic E-state index is 13.0.